The summed E-state index contributed by atoms with van der Waals surface area (Å²) in [6.45, 7) is 2.10. The summed E-state index contributed by atoms with van der Waals surface area (Å²) in [5, 5.41) is 5.61. The van der Waals surface area contributed by atoms with Gasteiger partial charge in [-0.15, -0.1) is 23.1 Å². The number of alkyl carbamates (subject to hydrolysis) is 1. The minimum absolute atomic E-state index is 0.188. The topological polar surface area (TPSA) is 84.5 Å². The van der Waals surface area contributed by atoms with Gasteiger partial charge in [0.1, 0.15) is 5.00 Å². The molecule has 154 valence electrons. The highest BCUT2D eigenvalue weighted by Gasteiger charge is 2.27. The van der Waals surface area contributed by atoms with Crippen molar-refractivity contribution in [2.45, 2.75) is 43.9 Å². The average molecular weight is 433 g/mol. The predicted octanol–water partition coefficient (Wildman–Crippen LogP) is 4.42. The number of ether oxygens (including phenoxy) is 1. The highest BCUT2D eigenvalue weighted by atomic mass is 32.2. The Bertz CT molecular complexity index is 906. The van der Waals surface area contributed by atoms with Crippen LogP contribution in [0, 0.1) is 0 Å². The molecule has 0 unspecified atom stereocenters. The maximum atomic E-state index is 12.6. The van der Waals surface area contributed by atoms with E-state index in [1.165, 1.54) is 23.3 Å². The van der Waals surface area contributed by atoms with Gasteiger partial charge in [0.2, 0.25) is 5.91 Å². The number of thioether (sulfide) groups is 1. The van der Waals surface area contributed by atoms with Crippen LogP contribution in [0.3, 0.4) is 0 Å². The van der Waals surface area contributed by atoms with Gasteiger partial charge in [-0.05, 0) is 54.7 Å². The normalized spacial score (nSPS) is 12.8. The lowest BCUT2D eigenvalue weighted by Gasteiger charge is -2.12. The molecular weight excluding hydrogens is 408 g/mol. The number of nitrogens with one attached hydrogen (secondary N) is 2. The van der Waals surface area contributed by atoms with E-state index in [1.807, 2.05) is 24.3 Å². The van der Waals surface area contributed by atoms with Crippen molar-refractivity contribution < 1.29 is 19.1 Å². The number of amides is 3. The molecule has 3 rings (SSSR count). The molecule has 1 aromatic heterocycles. The zero-order chi connectivity index (χ0) is 20.8. The van der Waals surface area contributed by atoms with Gasteiger partial charge in [0.15, 0.2) is 0 Å². The standard InChI is InChI=1S/C21H24N2O4S2/c1-3-28-14-10-8-13(9-11-14)12-17(24)22-20-18(19(25)23-21(26)27-2)15-6-4-5-7-16(15)29-20/h8-11H,3-7,12H2,1-2H3,(H,22,24)(H,23,25,26). The van der Waals surface area contributed by atoms with Gasteiger partial charge in [0.25, 0.3) is 5.91 Å². The molecule has 0 atom stereocenters. The van der Waals surface area contributed by atoms with Crippen LogP contribution in [0.15, 0.2) is 29.2 Å². The van der Waals surface area contributed by atoms with Gasteiger partial charge in [-0.25, -0.2) is 4.79 Å². The van der Waals surface area contributed by atoms with Gasteiger partial charge in [0, 0.05) is 9.77 Å². The molecule has 8 heteroatoms. The molecule has 6 nitrogen and oxygen atoms in total. The van der Waals surface area contributed by atoms with E-state index in [9.17, 15) is 14.4 Å². The Labute approximate surface area is 178 Å². The van der Waals surface area contributed by atoms with E-state index in [-0.39, 0.29) is 12.3 Å². The van der Waals surface area contributed by atoms with Gasteiger partial charge >= 0.3 is 6.09 Å². The van der Waals surface area contributed by atoms with Crippen LogP contribution in [0.5, 0.6) is 0 Å². The van der Waals surface area contributed by atoms with Crippen molar-refractivity contribution in [3.05, 3.63) is 45.8 Å². The number of carbonyl (C=O) groups is 3. The number of methoxy groups -OCH3 is 1. The molecule has 1 aromatic carbocycles. The van der Waals surface area contributed by atoms with Crippen molar-refractivity contribution in [2.24, 2.45) is 0 Å². The Morgan fingerprint density at radius 2 is 1.86 bits per heavy atom. The highest BCUT2D eigenvalue weighted by Crippen LogP contribution is 2.38. The fraction of sp³-hybridized carbons (Fsp3) is 0.381. The monoisotopic (exact) mass is 432 g/mol. The highest BCUT2D eigenvalue weighted by molar-refractivity contribution is 7.99. The molecule has 3 amide bonds. The van der Waals surface area contributed by atoms with Gasteiger partial charge in [-0.2, -0.15) is 0 Å². The lowest BCUT2D eigenvalue weighted by molar-refractivity contribution is -0.115. The lowest BCUT2D eigenvalue weighted by Crippen LogP contribution is -2.31. The fourth-order valence-electron chi connectivity index (χ4n) is 3.33. The predicted molar refractivity (Wildman–Crippen MR) is 116 cm³/mol. The molecule has 0 saturated carbocycles. The van der Waals surface area contributed by atoms with Crippen LogP contribution in [-0.2, 0) is 28.8 Å². The number of anilines is 1. The van der Waals surface area contributed by atoms with Crippen LogP contribution in [0.2, 0.25) is 0 Å². The number of hydrogen-bond donors (Lipinski definition) is 2. The average Bonchev–Trinajstić information content (AvgIpc) is 3.07. The van der Waals surface area contributed by atoms with Crippen LogP contribution in [0.4, 0.5) is 9.80 Å². The number of hydrogen-bond acceptors (Lipinski definition) is 6. The van der Waals surface area contributed by atoms with E-state index in [0.29, 0.717) is 10.6 Å². The van der Waals surface area contributed by atoms with Gasteiger partial charge in [-0.3, -0.25) is 14.9 Å². The zero-order valence-corrected chi connectivity index (χ0v) is 18.1. The molecule has 1 heterocycles. The number of carbonyl (C=O) groups excluding carboxylic acids is 3. The molecule has 0 spiro atoms. The van der Waals surface area contributed by atoms with Crippen molar-refractivity contribution in [3.8, 4) is 0 Å². The quantitative estimate of drug-likeness (QED) is 0.660. The molecule has 1 aliphatic rings. The summed E-state index contributed by atoms with van der Waals surface area (Å²) in [4.78, 5) is 39.0. The summed E-state index contributed by atoms with van der Waals surface area (Å²) < 4.78 is 4.53. The molecule has 2 N–H and O–H groups in total. The largest absolute Gasteiger partial charge is 0.453 e. The second-order valence-electron chi connectivity index (χ2n) is 6.66. The Kier molecular flexibility index (Phi) is 7.33. The summed E-state index contributed by atoms with van der Waals surface area (Å²) in [7, 11) is 1.21. The molecule has 0 radical (unpaired) electrons. The third-order valence-corrected chi connectivity index (χ3v) is 6.75. The maximum Gasteiger partial charge on any atom is 0.413 e. The number of rotatable bonds is 6. The van der Waals surface area contributed by atoms with Gasteiger partial charge in [-0.1, -0.05) is 19.1 Å². The van der Waals surface area contributed by atoms with Crippen molar-refractivity contribution >= 4 is 46.0 Å². The molecular formula is C21H24N2O4S2. The van der Waals surface area contributed by atoms with Crippen molar-refractivity contribution in [1.82, 2.24) is 5.32 Å². The molecule has 1 aliphatic carbocycles. The second kappa shape index (κ2) is 9.93. The van der Waals surface area contributed by atoms with Crippen molar-refractivity contribution in [2.75, 3.05) is 18.2 Å². The lowest BCUT2D eigenvalue weighted by atomic mass is 9.95. The maximum absolute atomic E-state index is 12.6. The Morgan fingerprint density at radius 1 is 1.14 bits per heavy atom. The van der Waals surface area contributed by atoms with Crippen LogP contribution >= 0.6 is 23.1 Å². The SMILES string of the molecule is CCSc1ccc(CC(=O)Nc2sc3c(c2C(=O)NC(=O)OC)CCCC3)cc1. The van der Waals surface area contributed by atoms with Crippen LogP contribution < -0.4 is 10.6 Å². The number of imide groups is 1. The minimum Gasteiger partial charge on any atom is -0.453 e. The van der Waals surface area contributed by atoms with Crippen LogP contribution in [0.25, 0.3) is 0 Å². The third kappa shape index (κ3) is 5.39. The summed E-state index contributed by atoms with van der Waals surface area (Å²) in [6, 6.07) is 7.91. The smallest absolute Gasteiger partial charge is 0.413 e. The van der Waals surface area contributed by atoms with E-state index in [4.69, 9.17) is 0 Å². The Hall–Kier alpha value is -2.32. The summed E-state index contributed by atoms with van der Waals surface area (Å²) in [5.41, 5.74) is 2.22. The summed E-state index contributed by atoms with van der Waals surface area (Å²) >= 11 is 3.18. The number of aryl methyl sites for hydroxylation is 1. The first-order chi connectivity index (χ1) is 14.0. The Morgan fingerprint density at radius 3 is 2.55 bits per heavy atom. The second-order valence-corrected chi connectivity index (χ2v) is 9.11. The van der Waals surface area contributed by atoms with E-state index in [0.717, 1.165) is 47.4 Å². The van der Waals surface area contributed by atoms with Crippen molar-refractivity contribution in [1.29, 1.82) is 0 Å². The summed E-state index contributed by atoms with van der Waals surface area (Å²) in [6.07, 6.45) is 3.09. The van der Waals surface area contributed by atoms with E-state index in [1.54, 1.807) is 11.8 Å². The first-order valence-electron chi connectivity index (χ1n) is 9.57. The number of fused-ring (bicyclic) bond motifs is 1. The summed E-state index contributed by atoms with van der Waals surface area (Å²) in [5.74, 6) is 0.276. The zero-order valence-electron chi connectivity index (χ0n) is 16.5. The van der Waals surface area contributed by atoms with E-state index < -0.39 is 12.0 Å². The molecule has 0 saturated heterocycles. The van der Waals surface area contributed by atoms with Crippen LogP contribution in [0.1, 0.15) is 46.1 Å². The van der Waals surface area contributed by atoms with Crippen molar-refractivity contribution in [3.63, 3.8) is 0 Å². The number of benzene rings is 1. The fourth-order valence-corrected chi connectivity index (χ4v) is 5.29. The first kappa shape index (κ1) is 21.4. The van der Waals surface area contributed by atoms with E-state index >= 15 is 0 Å². The van der Waals surface area contributed by atoms with Crippen LogP contribution in [-0.4, -0.2) is 30.8 Å². The molecule has 2 aromatic rings. The third-order valence-electron chi connectivity index (χ3n) is 4.65. The number of thiophene rings is 1. The van der Waals surface area contributed by atoms with Gasteiger partial charge in [0.05, 0.1) is 19.1 Å². The minimum atomic E-state index is -0.812. The molecule has 0 aliphatic heterocycles. The molecule has 0 fully saturated rings. The first-order valence-corrected chi connectivity index (χ1v) is 11.4. The van der Waals surface area contributed by atoms with E-state index in [2.05, 4.69) is 22.3 Å². The molecule has 29 heavy (non-hydrogen) atoms. The Balaban J connectivity index is 1.76. The molecule has 0 bridgehead atoms. The van der Waals surface area contributed by atoms with Gasteiger partial charge < -0.3 is 10.1 Å².